The van der Waals surface area contributed by atoms with E-state index in [2.05, 4.69) is 36.0 Å². The number of thioether (sulfide) groups is 1. The lowest BCUT2D eigenvalue weighted by Crippen LogP contribution is -2.37. The third-order valence-electron chi connectivity index (χ3n) is 4.78. The maximum absolute atomic E-state index is 11.5. The van der Waals surface area contributed by atoms with Gasteiger partial charge in [0.15, 0.2) is 5.16 Å². The number of nitrogens with zero attached hydrogens (tertiary/aromatic N) is 2. The number of aliphatic carboxylic acids is 1. The summed E-state index contributed by atoms with van der Waals surface area (Å²) >= 11 is 1.53. The largest absolute Gasteiger partial charge is 0.481 e. The monoisotopic (exact) mass is 297 g/mol. The number of aromatic amines is 1. The van der Waals surface area contributed by atoms with Gasteiger partial charge in [0.1, 0.15) is 6.33 Å². The van der Waals surface area contributed by atoms with Crippen molar-refractivity contribution in [2.45, 2.75) is 56.9 Å². The van der Waals surface area contributed by atoms with Crippen molar-refractivity contribution in [1.29, 1.82) is 0 Å². The van der Waals surface area contributed by atoms with Crippen molar-refractivity contribution in [3.63, 3.8) is 0 Å². The number of carboxylic acids is 1. The maximum atomic E-state index is 11.5. The molecule has 1 aromatic heterocycles. The van der Waals surface area contributed by atoms with E-state index >= 15 is 0 Å². The molecule has 0 aromatic carbocycles. The number of carbonyl (C=O) groups is 1. The van der Waals surface area contributed by atoms with Gasteiger partial charge in [-0.1, -0.05) is 39.0 Å². The Labute approximate surface area is 124 Å². The first-order chi connectivity index (χ1) is 9.44. The number of aromatic nitrogens is 3. The molecule has 1 fully saturated rings. The van der Waals surface area contributed by atoms with Crippen LogP contribution in [0.2, 0.25) is 0 Å². The zero-order valence-electron chi connectivity index (χ0n) is 12.3. The fourth-order valence-corrected chi connectivity index (χ4v) is 4.18. The van der Waals surface area contributed by atoms with E-state index < -0.39 is 5.97 Å². The molecular formula is C14H23N3O2S. The zero-order chi connectivity index (χ0) is 14.8. The Hall–Kier alpha value is -1.04. The molecule has 5 nitrogen and oxygen atoms in total. The maximum Gasteiger partial charge on any atom is 0.307 e. The van der Waals surface area contributed by atoms with E-state index in [-0.39, 0.29) is 16.6 Å². The molecule has 20 heavy (non-hydrogen) atoms. The van der Waals surface area contributed by atoms with Crippen molar-refractivity contribution in [2.75, 3.05) is 0 Å². The summed E-state index contributed by atoms with van der Waals surface area (Å²) < 4.78 is 0. The normalized spacial score (nSPS) is 27.4. The van der Waals surface area contributed by atoms with Gasteiger partial charge in [-0.25, -0.2) is 4.98 Å². The van der Waals surface area contributed by atoms with Crippen molar-refractivity contribution in [3.8, 4) is 0 Å². The van der Waals surface area contributed by atoms with E-state index in [0.717, 1.165) is 30.8 Å². The molecule has 2 rings (SSSR count). The number of rotatable bonds is 5. The Kier molecular flexibility index (Phi) is 4.73. The van der Waals surface area contributed by atoms with Gasteiger partial charge in [0.2, 0.25) is 0 Å². The molecule has 1 saturated carbocycles. The Bertz CT molecular complexity index is 447. The molecule has 0 aliphatic heterocycles. The van der Waals surface area contributed by atoms with Crippen LogP contribution in [0.25, 0.3) is 0 Å². The number of hydrogen-bond donors (Lipinski definition) is 2. The summed E-state index contributed by atoms with van der Waals surface area (Å²) in [4.78, 5) is 15.6. The predicted octanol–water partition coefficient (Wildman–Crippen LogP) is 3.20. The fourth-order valence-electron chi connectivity index (χ4n) is 2.93. The molecule has 0 amide bonds. The molecule has 0 radical (unpaired) electrons. The highest BCUT2D eigenvalue weighted by Crippen LogP contribution is 2.46. The minimum absolute atomic E-state index is 0.0741. The van der Waals surface area contributed by atoms with E-state index in [1.54, 1.807) is 0 Å². The summed E-state index contributed by atoms with van der Waals surface area (Å²) in [5, 5.41) is 16.9. The minimum atomic E-state index is -0.685. The van der Waals surface area contributed by atoms with Crippen LogP contribution in [0.4, 0.5) is 0 Å². The van der Waals surface area contributed by atoms with E-state index in [1.165, 1.54) is 18.1 Å². The average Bonchev–Trinajstić information content (AvgIpc) is 2.91. The van der Waals surface area contributed by atoms with Crippen LogP contribution in [0, 0.1) is 17.3 Å². The van der Waals surface area contributed by atoms with E-state index in [4.69, 9.17) is 0 Å². The Morgan fingerprint density at radius 2 is 2.30 bits per heavy atom. The van der Waals surface area contributed by atoms with Gasteiger partial charge in [-0.2, -0.15) is 5.10 Å². The Morgan fingerprint density at radius 1 is 1.55 bits per heavy atom. The molecule has 1 aliphatic carbocycles. The van der Waals surface area contributed by atoms with E-state index in [1.807, 2.05) is 0 Å². The summed E-state index contributed by atoms with van der Waals surface area (Å²) in [5.74, 6) is -0.396. The van der Waals surface area contributed by atoms with Gasteiger partial charge in [0, 0.05) is 5.25 Å². The zero-order valence-corrected chi connectivity index (χ0v) is 13.1. The molecule has 3 atom stereocenters. The summed E-state index contributed by atoms with van der Waals surface area (Å²) in [6.07, 6.45) is 5.28. The van der Waals surface area contributed by atoms with Gasteiger partial charge >= 0.3 is 5.97 Å². The number of nitrogens with one attached hydrogen (secondary N) is 1. The van der Waals surface area contributed by atoms with Crippen molar-refractivity contribution >= 4 is 17.7 Å². The van der Waals surface area contributed by atoms with Gasteiger partial charge in [-0.3, -0.25) is 9.89 Å². The molecule has 0 saturated heterocycles. The molecule has 112 valence electrons. The van der Waals surface area contributed by atoms with Gasteiger partial charge in [-0.15, -0.1) is 0 Å². The second-order valence-electron chi connectivity index (χ2n) is 6.24. The molecule has 1 aromatic rings. The van der Waals surface area contributed by atoms with Crippen LogP contribution < -0.4 is 0 Å². The topological polar surface area (TPSA) is 78.9 Å². The summed E-state index contributed by atoms with van der Waals surface area (Å²) in [5.41, 5.74) is 0.268. The van der Waals surface area contributed by atoms with Crippen LogP contribution in [0.5, 0.6) is 0 Å². The van der Waals surface area contributed by atoms with Crippen molar-refractivity contribution < 1.29 is 9.90 Å². The summed E-state index contributed by atoms with van der Waals surface area (Å²) in [6.45, 7) is 6.78. The second-order valence-corrected chi connectivity index (χ2v) is 7.47. The quantitative estimate of drug-likeness (QED) is 0.872. The lowest BCUT2D eigenvalue weighted by molar-refractivity contribution is -0.143. The Balaban J connectivity index is 2.11. The predicted molar refractivity (Wildman–Crippen MR) is 78.6 cm³/mol. The van der Waals surface area contributed by atoms with Gasteiger partial charge in [0.05, 0.1) is 5.92 Å². The van der Waals surface area contributed by atoms with Crippen LogP contribution in [0.3, 0.4) is 0 Å². The number of carboxylic acid groups (broad SMARTS) is 1. The third kappa shape index (κ3) is 3.34. The van der Waals surface area contributed by atoms with Crippen LogP contribution >= 0.6 is 11.8 Å². The van der Waals surface area contributed by atoms with Crippen LogP contribution in [0.15, 0.2) is 11.5 Å². The van der Waals surface area contributed by atoms with Crippen molar-refractivity contribution in [3.05, 3.63) is 6.33 Å². The lowest BCUT2D eigenvalue weighted by atomic mass is 9.67. The van der Waals surface area contributed by atoms with E-state index in [9.17, 15) is 9.90 Å². The molecule has 3 unspecified atom stereocenters. The first kappa shape index (κ1) is 15.4. The van der Waals surface area contributed by atoms with Gasteiger partial charge in [0.25, 0.3) is 0 Å². The summed E-state index contributed by atoms with van der Waals surface area (Å²) in [6, 6.07) is 0. The third-order valence-corrected chi connectivity index (χ3v) is 6.02. The number of H-pyrrole nitrogens is 1. The Morgan fingerprint density at radius 3 is 2.85 bits per heavy atom. The molecular weight excluding hydrogens is 274 g/mol. The van der Waals surface area contributed by atoms with Gasteiger partial charge < -0.3 is 5.11 Å². The first-order valence-corrected chi connectivity index (χ1v) is 8.07. The molecule has 0 spiro atoms. The van der Waals surface area contributed by atoms with Crippen LogP contribution in [-0.4, -0.2) is 31.5 Å². The minimum Gasteiger partial charge on any atom is -0.481 e. The average molecular weight is 297 g/mol. The van der Waals surface area contributed by atoms with E-state index in [0.29, 0.717) is 5.92 Å². The van der Waals surface area contributed by atoms with Gasteiger partial charge in [-0.05, 0) is 30.6 Å². The highest BCUT2D eigenvalue weighted by molar-refractivity contribution is 7.99. The fraction of sp³-hybridized carbons (Fsp3) is 0.786. The molecule has 1 aliphatic rings. The molecule has 2 N–H and O–H groups in total. The molecule has 1 heterocycles. The van der Waals surface area contributed by atoms with Crippen molar-refractivity contribution in [2.24, 2.45) is 17.3 Å². The first-order valence-electron chi connectivity index (χ1n) is 7.19. The second kappa shape index (κ2) is 6.16. The smallest absolute Gasteiger partial charge is 0.307 e. The standard InChI is InChI=1S/C14H23N3O2S/c1-4-14(2,3)9-5-6-10(12(18)19)11(7-9)20-13-15-8-16-17-13/h8-11H,4-7H2,1-3H3,(H,18,19)(H,15,16,17). The highest BCUT2D eigenvalue weighted by atomic mass is 32.2. The molecule has 0 bridgehead atoms. The number of hydrogen-bond acceptors (Lipinski definition) is 4. The van der Waals surface area contributed by atoms with Crippen LogP contribution in [0.1, 0.15) is 46.5 Å². The van der Waals surface area contributed by atoms with Crippen molar-refractivity contribution in [1.82, 2.24) is 15.2 Å². The lowest BCUT2D eigenvalue weighted by Gasteiger charge is -2.41. The SMILES string of the molecule is CCC(C)(C)C1CCC(C(=O)O)C(Sc2ncn[nH]2)C1. The van der Waals surface area contributed by atoms with Crippen LogP contribution in [-0.2, 0) is 4.79 Å². The summed E-state index contributed by atoms with van der Waals surface area (Å²) in [7, 11) is 0. The molecule has 6 heteroatoms. The highest BCUT2D eigenvalue weighted by Gasteiger charge is 2.40.